The summed E-state index contributed by atoms with van der Waals surface area (Å²) >= 11 is 0. The van der Waals surface area contributed by atoms with Gasteiger partial charge in [-0.25, -0.2) is 0 Å². The van der Waals surface area contributed by atoms with Gasteiger partial charge in [-0.3, -0.25) is 9.59 Å². The number of ether oxygens (including phenoxy) is 2. The molecule has 2 heterocycles. The van der Waals surface area contributed by atoms with Crippen LogP contribution in [0.2, 0.25) is 0 Å². The quantitative estimate of drug-likeness (QED) is 0.643. The number of nitrogens with one attached hydrogen (secondary N) is 2. The molecule has 29 heavy (non-hydrogen) atoms. The topological polar surface area (TPSA) is 102 Å². The number of carbonyl (C=O) groups excluding carboxylic acids is 2. The Balaban J connectivity index is 1.43. The van der Waals surface area contributed by atoms with Gasteiger partial charge in [-0.05, 0) is 43.3 Å². The molecule has 4 rings (SSSR count). The van der Waals surface area contributed by atoms with Crippen LogP contribution in [-0.4, -0.2) is 35.1 Å². The van der Waals surface area contributed by atoms with Gasteiger partial charge in [0.25, 0.3) is 5.91 Å². The predicted octanol–water partition coefficient (Wildman–Crippen LogP) is 3.45. The standard InChI is InChI=1S/C21H18N4O4/c1-13(26)14-3-2-4-15(11-14)22-20-8-6-17(24-25-20)21(27)23-16-5-7-18-19(12-16)29-10-9-28-18/h2-8,11-12H,9-10H2,1H3,(H,22,25)(H,23,27). The Labute approximate surface area is 166 Å². The summed E-state index contributed by atoms with van der Waals surface area (Å²) in [7, 11) is 0. The highest BCUT2D eigenvalue weighted by Crippen LogP contribution is 2.32. The van der Waals surface area contributed by atoms with Crippen LogP contribution in [0.4, 0.5) is 17.2 Å². The first-order chi connectivity index (χ1) is 14.1. The van der Waals surface area contributed by atoms with Crippen molar-refractivity contribution in [3.8, 4) is 11.5 Å². The first-order valence-corrected chi connectivity index (χ1v) is 9.01. The van der Waals surface area contributed by atoms with Crippen LogP contribution >= 0.6 is 0 Å². The van der Waals surface area contributed by atoms with Crippen LogP contribution in [-0.2, 0) is 0 Å². The molecule has 1 amide bonds. The lowest BCUT2D eigenvalue weighted by Crippen LogP contribution is -2.17. The lowest BCUT2D eigenvalue weighted by Gasteiger charge is -2.18. The van der Waals surface area contributed by atoms with Crippen molar-refractivity contribution in [2.75, 3.05) is 23.8 Å². The second-order valence-electron chi connectivity index (χ2n) is 6.38. The Morgan fingerprint density at radius 3 is 2.48 bits per heavy atom. The average Bonchev–Trinajstić information content (AvgIpc) is 2.74. The van der Waals surface area contributed by atoms with Gasteiger partial charge in [0.15, 0.2) is 28.8 Å². The van der Waals surface area contributed by atoms with Crippen molar-refractivity contribution in [2.45, 2.75) is 6.92 Å². The highest BCUT2D eigenvalue weighted by atomic mass is 16.6. The molecule has 1 aliphatic heterocycles. The zero-order valence-corrected chi connectivity index (χ0v) is 15.6. The van der Waals surface area contributed by atoms with E-state index in [1.807, 2.05) is 6.07 Å². The Bertz CT molecular complexity index is 1070. The fourth-order valence-electron chi connectivity index (χ4n) is 2.80. The van der Waals surface area contributed by atoms with E-state index in [2.05, 4.69) is 20.8 Å². The average molecular weight is 390 g/mol. The highest BCUT2D eigenvalue weighted by molar-refractivity contribution is 6.03. The molecule has 0 bridgehead atoms. The number of aromatic nitrogens is 2. The fourth-order valence-corrected chi connectivity index (χ4v) is 2.80. The Morgan fingerprint density at radius 2 is 1.72 bits per heavy atom. The van der Waals surface area contributed by atoms with Crippen LogP contribution in [0.5, 0.6) is 11.5 Å². The number of fused-ring (bicyclic) bond motifs is 1. The summed E-state index contributed by atoms with van der Waals surface area (Å²) in [5, 5.41) is 13.8. The van der Waals surface area contributed by atoms with E-state index < -0.39 is 0 Å². The van der Waals surface area contributed by atoms with Crippen LogP contribution in [0.15, 0.2) is 54.6 Å². The zero-order valence-electron chi connectivity index (χ0n) is 15.6. The first-order valence-electron chi connectivity index (χ1n) is 9.01. The molecular formula is C21H18N4O4. The molecule has 1 aromatic heterocycles. The van der Waals surface area contributed by atoms with Crippen molar-refractivity contribution in [3.05, 3.63) is 65.9 Å². The van der Waals surface area contributed by atoms with E-state index in [1.165, 1.54) is 6.92 Å². The number of hydrogen-bond acceptors (Lipinski definition) is 7. The number of ketones is 1. The second kappa shape index (κ2) is 7.97. The summed E-state index contributed by atoms with van der Waals surface area (Å²) in [6, 6.07) is 15.5. The molecule has 0 aliphatic carbocycles. The summed E-state index contributed by atoms with van der Waals surface area (Å²) in [4.78, 5) is 23.9. The smallest absolute Gasteiger partial charge is 0.276 e. The molecule has 0 atom stereocenters. The van der Waals surface area contributed by atoms with Crippen molar-refractivity contribution >= 4 is 28.9 Å². The van der Waals surface area contributed by atoms with Crippen LogP contribution < -0.4 is 20.1 Å². The minimum absolute atomic E-state index is 0.0223. The molecule has 146 valence electrons. The summed E-state index contributed by atoms with van der Waals surface area (Å²) in [6.45, 7) is 2.49. The SMILES string of the molecule is CC(=O)c1cccc(Nc2ccc(C(=O)Nc3ccc4c(c3)OCCO4)nn2)c1. The summed E-state index contributed by atoms with van der Waals surface area (Å²) in [5.74, 6) is 1.29. The Morgan fingerprint density at radius 1 is 0.897 bits per heavy atom. The third kappa shape index (κ3) is 4.32. The van der Waals surface area contributed by atoms with E-state index in [9.17, 15) is 9.59 Å². The van der Waals surface area contributed by atoms with E-state index in [0.717, 1.165) is 0 Å². The molecular weight excluding hydrogens is 372 g/mol. The predicted molar refractivity (Wildman–Crippen MR) is 107 cm³/mol. The van der Waals surface area contributed by atoms with Crippen LogP contribution in [0.3, 0.4) is 0 Å². The minimum Gasteiger partial charge on any atom is -0.486 e. The van der Waals surface area contributed by atoms with E-state index in [1.54, 1.807) is 48.5 Å². The number of hydrogen-bond donors (Lipinski definition) is 2. The second-order valence-corrected chi connectivity index (χ2v) is 6.38. The number of amides is 1. The molecule has 0 radical (unpaired) electrons. The molecule has 0 unspecified atom stereocenters. The van der Waals surface area contributed by atoms with E-state index in [0.29, 0.717) is 47.5 Å². The molecule has 0 spiro atoms. The van der Waals surface area contributed by atoms with Crippen LogP contribution in [0.1, 0.15) is 27.8 Å². The van der Waals surface area contributed by atoms with Crippen molar-refractivity contribution in [2.24, 2.45) is 0 Å². The van der Waals surface area contributed by atoms with Crippen LogP contribution in [0.25, 0.3) is 0 Å². The van der Waals surface area contributed by atoms with Crippen molar-refractivity contribution in [1.82, 2.24) is 10.2 Å². The number of nitrogens with zero attached hydrogens (tertiary/aromatic N) is 2. The van der Waals surface area contributed by atoms with Gasteiger partial charge in [0.1, 0.15) is 13.2 Å². The normalized spacial score (nSPS) is 12.2. The maximum Gasteiger partial charge on any atom is 0.276 e. The van der Waals surface area contributed by atoms with Gasteiger partial charge in [-0.2, -0.15) is 0 Å². The van der Waals surface area contributed by atoms with Gasteiger partial charge in [-0.1, -0.05) is 12.1 Å². The molecule has 0 fully saturated rings. The fraction of sp³-hybridized carbons (Fsp3) is 0.143. The molecule has 1 aliphatic rings. The largest absolute Gasteiger partial charge is 0.486 e. The molecule has 2 N–H and O–H groups in total. The maximum absolute atomic E-state index is 12.4. The summed E-state index contributed by atoms with van der Waals surface area (Å²) < 4.78 is 11.0. The first kappa shape index (κ1) is 18.4. The molecule has 0 saturated heterocycles. The number of carbonyl (C=O) groups is 2. The van der Waals surface area contributed by atoms with Crippen molar-refractivity contribution in [1.29, 1.82) is 0 Å². The Hall–Kier alpha value is -3.94. The van der Waals surface area contributed by atoms with Crippen molar-refractivity contribution < 1.29 is 19.1 Å². The number of anilines is 3. The molecule has 0 saturated carbocycles. The zero-order chi connectivity index (χ0) is 20.2. The minimum atomic E-state index is -0.390. The van der Waals surface area contributed by atoms with E-state index >= 15 is 0 Å². The number of rotatable bonds is 5. The van der Waals surface area contributed by atoms with Gasteiger partial charge in [-0.15, -0.1) is 10.2 Å². The summed E-state index contributed by atoms with van der Waals surface area (Å²) in [6.07, 6.45) is 0. The Kier molecular flexibility index (Phi) is 5.07. The third-order valence-corrected chi connectivity index (χ3v) is 4.24. The molecule has 8 nitrogen and oxygen atoms in total. The number of Topliss-reactive ketones (excluding diaryl/α,β-unsaturated/α-hetero) is 1. The lowest BCUT2D eigenvalue weighted by atomic mass is 10.1. The summed E-state index contributed by atoms with van der Waals surface area (Å²) in [5.41, 5.74) is 2.05. The maximum atomic E-state index is 12.4. The van der Waals surface area contributed by atoms with Gasteiger partial charge in [0.2, 0.25) is 0 Å². The molecule has 8 heteroatoms. The monoisotopic (exact) mass is 390 g/mol. The van der Waals surface area contributed by atoms with E-state index in [-0.39, 0.29) is 17.4 Å². The van der Waals surface area contributed by atoms with Gasteiger partial charge in [0, 0.05) is 23.0 Å². The van der Waals surface area contributed by atoms with Gasteiger partial charge >= 0.3 is 0 Å². The number of benzene rings is 2. The highest BCUT2D eigenvalue weighted by Gasteiger charge is 2.14. The van der Waals surface area contributed by atoms with Gasteiger partial charge < -0.3 is 20.1 Å². The lowest BCUT2D eigenvalue weighted by molar-refractivity contribution is 0.101. The third-order valence-electron chi connectivity index (χ3n) is 4.24. The molecule has 2 aromatic carbocycles. The van der Waals surface area contributed by atoms with Crippen LogP contribution in [0, 0.1) is 0 Å². The molecule has 3 aromatic rings. The van der Waals surface area contributed by atoms with E-state index in [4.69, 9.17) is 9.47 Å². The van der Waals surface area contributed by atoms with Gasteiger partial charge in [0.05, 0.1) is 0 Å². The van der Waals surface area contributed by atoms with Crippen molar-refractivity contribution in [3.63, 3.8) is 0 Å².